The molecule has 0 spiro atoms. The zero-order valence-electron chi connectivity index (χ0n) is 21.8. The zero-order chi connectivity index (χ0) is 27.5. The summed E-state index contributed by atoms with van der Waals surface area (Å²) in [7, 11) is -0.553. The van der Waals surface area contributed by atoms with E-state index in [1.807, 2.05) is 36.4 Å². The van der Waals surface area contributed by atoms with Gasteiger partial charge in [0.15, 0.2) is 0 Å². The van der Waals surface area contributed by atoms with Gasteiger partial charge >= 0.3 is 7.12 Å². The lowest BCUT2D eigenvalue weighted by atomic mass is 9.73. The van der Waals surface area contributed by atoms with Crippen molar-refractivity contribution in [3.63, 3.8) is 0 Å². The molecule has 7 nitrogen and oxygen atoms in total. The molecule has 11 heteroatoms. The molecule has 0 bridgehead atoms. The van der Waals surface area contributed by atoms with Gasteiger partial charge in [-0.25, -0.2) is 0 Å². The van der Waals surface area contributed by atoms with E-state index in [9.17, 15) is 9.59 Å². The minimum absolute atomic E-state index is 0.274. The smallest absolute Gasteiger partial charge is 0.410 e. The third kappa shape index (κ3) is 10.1. The van der Waals surface area contributed by atoms with E-state index >= 15 is 0 Å². The molecule has 38 heavy (non-hydrogen) atoms. The minimum atomic E-state index is -0.798. The van der Waals surface area contributed by atoms with E-state index in [1.165, 1.54) is 0 Å². The third-order valence-electron chi connectivity index (χ3n) is 6.08. The highest BCUT2D eigenvalue weighted by molar-refractivity contribution is 9.13. The van der Waals surface area contributed by atoms with Gasteiger partial charge in [0.25, 0.3) is 5.91 Å². The van der Waals surface area contributed by atoms with Crippen molar-refractivity contribution in [2.45, 2.75) is 51.5 Å². The molecule has 2 atom stereocenters. The first-order valence-electron chi connectivity index (χ1n) is 13.0. The van der Waals surface area contributed by atoms with Crippen LogP contribution in [0.2, 0.25) is 0 Å². The van der Waals surface area contributed by atoms with Crippen molar-refractivity contribution in [1.82, 2.24) is 16.0 Å². The van der Waals surface area contributed by atoms with Gasteiger partial charge in [-0.05, 0) is 87.8 Å². The second-order valence-corrected chi connectivity index (χ2v) is 12.3. The number of amides is 2. The van der Waals surface area contributed by atoms with E-state index in [1.54, 1.807) is 6.07 Å². The van der Waals surface area contributed by atoms with Crippen LogP contribution in [-0.4, -0.2) is 57.2 Å². The Bertz CT molecular complexity index is 1050. The summed E-state index contributed by atoms with van der Waals surface area (Å²) in [5, 5.41) is 9.50. The number of rotatable bonds is 9. The number of nitrogens with one attached hydrogen (secondary N) is 3. The van der Waals surface area contributed by atoms with Crippen molar-refractivity contribution in [1.29, 1.82) is 0 Å². The molecule has 1 heterocycles. The number of hydrogen-bond donors (Lipinski definition) is 3. The number of carbonyl (C=O) groups is 2. The molecule has 0 saturated carbocycles. The molecule has 206 valence electrons. The van der Waals surface area contributed by atoms with Gasteiger partial charge in [0.1, 0.15) is 6.04 Å². The maximum atomic E-state index is 13.8. The van der Waals surface area contributed by atoms with Gasteiger partial charge in [-0.2, -0.15) is 0 Å². The molecule has 1 aliphatic heterocycles. The predicted octanol–water partition coefficient (Wildman–Crippen LogP) is 5.29. The molecule has 1 aliphatic rings. The van der Waals surface area contributed by atoms with Gasteiger partial charge in [0.05, 0.1) is 11.5 Å². The van der Waals surface area contributed by atoms with Crippen LogP contribution >= 0.6 is 47.8 Å². The van der Waals surface area contributed by atoms with Crippen LogP contribution < -0.4 is 16.0 Å². The lowest BCUT2D eigenvalue weighted by Gasteiger charge is -2.29. The molecule has 0 aliphatic carbocycles. The Balaban J connectivity index is 1.82. The average molecular weight is 716 g/mol. The van der Waals surface area contributed by atoms with E-state index in [2.05, 4.69) is 77.6 Å². The Hall–Kier alpha value is -1.24. The summed E-state index contributed by atoms with van der Waals surface area (Å²) in [6, 6.07) is 12.4. The molecule has 0 radical (unpaired) electrons. The average Bonchev–Trinajstić information content (AvgIpc) is 2.88. The molecule has 2 amide bonds. The van der Waals surface area contributed by atoms with E-state index < -0.39 is 13.2 Å². The van der Waals surface area contributed by atoms with Gasteiger partial charge in [-0.3, -0.25) is 9.59 Å². The van der Waals surface area contributed by atoms with E-state index in [4.69, 9.17) is 9.31 Å². The standard InChI is InChI=1S/C27H35BBr3N3O4/c1-18(2)14-24(28-37-12-6-10-32-11-7-13-38-28)34-27(36)23(15-19-8-4-3-5-9-19)33-26(35)21-16-20(29)17-22(30)25(21)31/h3-5,8-9,16-18,23-24,32H,6-7,10-15H2,1-2H3,(H,33,35)(H,34,36)/t23-,24-/m0/s1. The molecule has 3 rings (SSSR count). The number of carbonyl (C=O) groups excluding carboxylic acids is 2. The fourth-order valence-electron chi connectivity index (χ4n) is 4.24. The van der Waals surface area contributed by atoms with Crippen molar-refractivity contribution in [2.24, 2.45) is 5.92 Å². The quantitative estimate of drug-likeness (QED) is 0.243. The van der Waals surface area contributed by atoms with E-state index in [0.29, 0.717) is 42.0 Å². The van der Waals surface area contributed by atoms with Crippen molar-refractivity contribution in [2.75, 3.05) is 26.3 Å². The molecule has 0 aromatic heterocycles. The van der Waals surface area contributed by atoms with Crippen molar-refractivity contribution in [3.05, 3.63) is 67.0 Å². The number of hydrogen-bond acceptors (Lipinski definition) is 5. The van der Waals surface area contributed by atoms with Gasteiger partial charge in [0.2, 0.25) is 5.91 Å². The summed E-state index contributed by atoms with van der Waals surface area (Å²) < 4.78 is 14.3. The van der Waals surface area contributed by atoms with Crippen LogP contribution in [-0.2, 0) is 20.5 Å². The van der Waals surface area contributed by atoms with Gasteiger partial charge in [-0.15, -0.1) is 0 Å². The highest BCUT2D eigenvalue weighted by Crippen LogP contribution is 2.30. The molecular formula is C27H35BBr3N3O4. The van der Waals surface area contributed by atoms with Gasteiger partial charge in [-0.1, -0.05) is 60.1 Å². The maximum Gasteiger partial charge on any atom is 0.480 e. The Morgan fingerprint density at radius 3 is 2.29 bits per heavy atom. The topological polar surface area (TPSA) is 88.7 Å². The zero-order valence-corrected chi connectivity index (χ0v) is 26.5. The second-order valence-electron chi connectivity index (χ2n) is 9.78. The van der Waals surface area contributed by atoms with Crippen LogP contribution in [0.3, 0.4) is 0 Å². The highest BCUT2D eigenvalue weighted by atomic mass is 79.9. The summed E-state index contributed by atoms with van der Waals surface area (Å²) in [6.45, 7) is 7.07. The van der Waals surface area contributed by atoms with Crippen LogP contribution in [0.4, 0.5) is 0 Å². The summed E-state index contributed by atoms with van der Waals surface area (Å²) in [5.74, 6) is -0.670. The summed E-state index contributed by atoms with van der Waals surface area (Å²) >= 11 is 10.4. The summed E-state index contributed by atoms with van der Waals surface area (Å²) in [4.78, 5) is 27.1. The SMILES string of the molecule is CC(C)C[C@H](NC(=O)[C@H](Cc1ccccc1)NC(=O)c1cc(Br)cc(Br)c1Br)B1OCCCNCCCO1. The Morgan fingerprint density at radius 1 is 1.00 bits per heavy atom. The van der Waals surface area contributed by atoms with Crippen LogP contribution in [0, 0.1) is 5.92 Å². The van der Waals surface area contributed by atoms with Crippen molar-refractivity contribution >= 4 is 66.7 Å². The highest BCUT2D eigenvalue weighted by Gasteiger charge is 2.35. The normalized spacial score (nSPS) is 16.5. The van der Waals surface area contributed by atoms with E-state index in [0.717, 1.165) is 40.4 Å². The van der Waals surface area contributed by atoms with Crippen LogP contribution in [0.15, 0.2) is 55.9 Å². The Labute approximate surface area is 251 Å². The number of halogens is 3. The predicted molar refractivity (Wildman–Crippen MR) is 162 cm³/mol. The largest absolute Gasteiger partial charge is 0.480 e. The third-order valence-corrected chi connectivity index (χ3v) is 8.55. The van der Waals surface area contributed by atoms with Crippen LogP contribution in [0.25, 0.3) is 0 Å². The first-order chi connectivity index (χ1) is 18.2. The molecule has 2 aromatic carbocycles. The fraction of sp³-hybridized carbons (Fsp3) is 0.481. The monoisotopic (exact) mass is 713 g/mol. The molecule has 3 N–H and O–H groups in total. The van der Waals surface area contributed by atoms with Crippen molar-refractivity contribution < 1.29 is 18.9 Å². The first kappa shape index (κ1) is 31.3. The van der Waals surface area contributed by atoms with Gasteiger partial charge in [0, 0.05) is 33.1 Å². The molecule has 0 unspecified atom stereocenters. The Kier molecular flexibility index (Phi) is 13.3. The lowest BCUT2D eigenvalue weighted by Crippen LogP contribution is -2.56. The van der Waals surface area contributed by atoms with E-state index in [-0.39, 0.29) is 17.8 Å². The molecule has 2 aromatic rings. The second kappa shape index (κ2) is 16.1. The Morgan fingerprint density at radius 2 is 1.66 bits per heavy atom. The van der Waals surface area contributed by atoms with Crippen molar-refractivity contribution in [3.8, 4) is 0 Å². The first-order valence-corrected chi connectivity index (χ1v) is 15.4. The number of benzene rings is 2. The maximum absolute atomic E-state index is 13.8. The van der Waals surface area contributed by atoms with Crippen LogP contribution in [0.1, 0.15) is 49.0 Å². The lowest BCUT2D eigenvalue weighted by molar-refractivity contribution is -0.123. The summed E-state index contributed by atoms with van der Waals surface area (Å²) in [5.41, 5.74) is 1.37. The molecule has 1 saturated heterocycles. The molecular weight excluding hydrogens is 681 g/mol. The summed E-state index contributed by atoms with van der Waals surface area (Å²) in [6.07, 6.45) is 2.76. The molecule has 1 fully saturated rings. The van der Waals surface area contributed by atoms with Crippen LogP contribution in [0.5, 0.6) is 0 Å². The fourth-order valence-corrected chi connectivity index (χ4v) is 5.88. The minimum Gasteiger partial charge on any atom is -0.410 e. The van der Waals surface area contributed by atoms with Gasteiger partial charge < -0.3 is 25.3 Å².